The summed E-state index contributed by atoms with van der Waals surface area (Å²) >= 11 is 0. The Morgan fingerprint density at radius 2 is 1.80 bits per heavy atom. The maximum absolute atomic E-state index is 12.0. The molecule has 1 amide bonds. The number of rotatable bonds is 7. The molecule has 0 fully saturated rings. The molecule has 0 saturated heterocycles. The van der Waals surface area contributed by atoms with Crippen molar-refractivity contribution in [1.29, 1.82) is 0 Å². The van der Waals surface area contributed by atoms with Crippen LogP contribution in [0.3, 0.4) is 0 Å². The molecule has 8 nitrogen and oxygen atoms in total. The second kappa shape index (κ2) is 7.86. The van der Waals surface area contributed by atoms with Crippen molar-refractivity contribution in [3.8, 4) is 0 Å². The smallest absolute Gasteiger partial charge is 0.273 e. The second-order valence-corrected chi connectivity index (χ2v) is 6.99. The van der Waals surface area contributed by atoms with Gasteiger partial charge in [-0.2, -0.15) is 0 Å². The number of amides is 1. The van der Waals surface area contributed by atoms with Gasteiger partial charge < -0.3 is 5.32 Å². The number of nitrogens with one attached hydrogen (secondary N) is 2. The number of nitrogens with zero attached hydrogens (tertiary/aromatic N) is 1. The van der Waals surface area contributed by atoms with Crippen LogP contribution >= 0.6 is 0 Å². The van der Waals surface area contributed by atoms with Crippen molar-refractivity contribution >= 4 is 21.6 Å². The molecular weight excluding hydrogens is 346 g/mol. The van der Waals surface area contributed by atoms with Gasteiger partial charge >= 0.3 is 0 Å². The van der Waals surface area contributed by atoms with Gasteiger partial charge in [0.1, 0.15) is 0 Å². The van der Waals surface area contributed by atoms with E-state index in [1.54, 1.807) is 25.1 Å². The van der Waals surface area contributed by atoms with E-state index in [4.69, 9.17) is 0 Å². The van der Waals surface area contributed by atoms with Gasteiger partial charge in [0.05, 0.1) is 9.82 Å². The molecule has 2 rings (SSSR count). The minimum absolute atomic E-state index is 0.00305. The van der Waals surface area contributed by atoms with E-state index in [0.717, 1.165) is 0 Å². The van der Waals surface area contributed by atoms with Crippen molar-refractivity contribution < 1.29 is 18.1 Å². The van der Waals surface area contributed by atoms with Crippen molar-refractivity contribution in [1.82, 2.24) is 10.0 Å². The molecule has 2 aromatic carbocycles. The van der Waals surface area contributed by atoms with E-state index in [2.05, 4.69) is 10.0 Å². The summed E-state index contributed by atoms with van der Waals surface area (Å²) in [6.45, 7) is 1.63. The first-order valence-electron chi connectivity index (χ1n) is 7.39. The third kappa shape index (κ3) is 4.85. The summed E-state index contributed by atoms with van der Waals surface area (Å²) in [6.07, 6.45) is 0. The average Bonchev–Trinajstić information content (AvgIpc) is 2.59. The fourth-order valence-electron chi connectivity index (χ4n) is 2.09. The minimum Gasteiger partial charge on any atom is -0.351 e. The van der Waals surface area contributed by atoms with Crippen LogP contribution in [0, 0.1) is 17.0 Å². The number of sulfonamides is 1. The van der Waals surface area contributed by atoms with Gasteiger partial charge in [-0.3, -0.25) is 14.9 Å². The lowest BCUT2D eigenvalue weighted by Gasteiger charge is -2.08. The van der Waals surface area contributed by atoms with Crippen LogP contribution in [0.5, 0.6) is 0 Å². The summed E-state index contributed by atoms with van der Waals surface area (Å²) in [5.41, 5.74) is 0.456. The Balaban J connectivity index is 1.91. The first kappa shape index (κ1) is 18.6. The van der Waals surface area contributed by atoms with Crippen molar-refractivity contribution in [3.05, 3.63) is 69.8 Å². The molecule has 0 aliphatic carbocycles. The molecule has 25 heavy (non-hydrogen) atoms. The van der Waals surface area contributed by atoms with Gasteiger partial charge in [-0.05, 0) is 25.1 Å². The molecule has 9 heteroatoms. The quantitative estimate of drug-likeness (QED) is 0.440. The molecule has 0 spiro atoms. The normalized spacial score (nSPS) is 11.1. The first-order chi connectivity index (χ1) is 11.8. The number of aryl methyl sites for hydroxylation is 1. The summed E-state index contributed by atoms with van der Waals surface area (Å²) in [5.74, 6) is -0.512. The van der Waals surface area contributed by atoms with Crippen LogP contribution in [0.25, 0.3) is 0 Å². The van der Waals surface area contributed by atoms with E-state index in [0.29, 0.717) is 5.56 Å². The van der Waals surface area contributed by atoms with Crippen LogP contribution < -0.4 is 10.0 Å². The Morgan fingerprint density at radius 3 is 2.44 bits per heavy atom. The summed E-state index contributed by atoms with van der Waals surface area (Å²) in [7, 11) is -3.64. The fourth-order valence-corrected chi connectivity index (χ4v) is 3.15. The van der Waals surface area contributed by atoms with Gasteiger partial charge in [-0.25, -0.2) is 13.1 Å². The third-order valence-electron chi connectivity index (χ3n) is 3.42. The predicted octanol–water partition coefficient (Wildman–Crippen LogP) is 1.61. The van der Waals surface area contributed by atoms with Gasteiger partial charge in [0, 0.05) is 30.3 Å². The summed E-state index contributed by atoms with van der Waals surface area (Å²) in [4.78, 5) is 22.5. The molecule has 0 aliphatic rings. The predicted molar refractivity (Wildman–Crippen MR) is 91.8 cm³/mol. The van der Waals surface area contributed by atoms with Crippen molar-refractivity contribution in [3.63, 3.8) is 0 Å². The van der Waals surface area contributed by atoms with Gasteiger partial charge in [-0.1, -0.05) is 24.3 Å². The van der Waals surface area contributed by atoms with Crippen LogP contribution in [-0.2, 0) is 10.0 Å². The highest BCUT2D eigenvalue weighted by Crippen LogP contribution is 2.19. The summed E-state index contributed by atoms with van der Waals surface area (Å²) < 4.78 is 26.4. The lowest BCUT2D eigenvalue weighted by atomic mass is 10.1. The molecule has 0 heterocycles. The van der Waals surface area contributed by atoms with Gasteiger partial charge in [0.2, 0.25) is 10.0 Å². The molecule has 2 aromatic rings. The number of benzene rings is 2. The topological polar surface area (TPSA) is 118 Å². The number of nitro benzene ring substituents is 1. The number of hydrogen-bond donors (Lipinski definition) is 2. The molecule has 0 bridgehead atoms. The highest BCUT2D eigenvalue weighted by atomic mass is 32.2. The maximum atomic E-state index is 12.0. The molecule has 132 valence electrons. The third-order valence-corrected chi connectivity index (χ3v) is 4.90. The number of nitro groups is 1. The Bertz CT molecular complexity index is 882. The molecule has 0 unspecified atom stereocenters. The van der Waals surface area contributed by atoms with Crippen molar-refractivity contribution in [2.75, 3.05) is 13.1 Å². The van der Waals surface area contributed by atoms with Crippen LogP contribution in [0.2, 0.25) is 0 Å². The zero-order chi connectivity index (χ0) is 18.4. The average molecular weight is 363 g/mol. The number of carbonyl (C=O) groups excluding carboxylic acids is 1. The van der Waals surface area contributed by atoms with Crippen LogP contribution in [-0.4, -0.2) is 32.3 Å². The van der Waals surface area contributed by atoms with Crippen LogP contribution in [0.15, 0.2) is 53.4 Å². The first-order valence-corrected chi connectivity index (χ1v) is 8.87. The Hall–Kier alpha value is -2.78. The lowest BCUT2D eigenvalue weighted by molar-refractivity contribution is -0.385. The standard InChI is InChI=1S/C16H17N3O5S/c1-12-7-8-13(11-15(12)19(21)22)16(20)17-9-10-18-25(23,24)14-5-3-2-4-6-14/h2-8,11,18H,9-10H2,1H3,(H,17,20). The molecule has 0 radical (unpaired) electrons. The van der Waals surface area contributed by atoms with Gasteiger partial charge in [0.15, 0.2) is 0 Å². The van der Waals surface area contributed by atoms with Crippen molar-refractivity contribution in [2.45, 2.75) is 11.8 Å². The Labute approximate surface area is 145 Å². The number of hydrogen-bond acceptors (Lipinski definition) is 5. The minimum atomic E-state index is -3.64. The SMILES string of the molecule is Cc1ccc(C(=O)NCCNS(=O)(=O)c2ccccc2)cc1[N+](=O)[O-]. The van der Waals surface area contributed by atoms with E-state index in [9.17, 15) is 23.3 Å². The second-order valence-electron chi connectivity index (χ2n) is 5.23. The Kier molecular flexibility index (Phi) is 5.84. The van der Waals surface area contributed by atoms with Gasteiger partial charge in [-0.15, -0.1) is 0 Å². The number of carbonyl (C=O) groups is 1. The zero-order valence-electron chi connectivity index (χ0n) is 13.4. The molecule has 0 atom stereocenters. The molecule has 0 aromatic heterocycles. The zero-order valence-corrected chi connectivity index (χ0v) is 14.2. The molecule has 2 N–H and O–H groups in total. The highest BCUT2D eigenvalue weighted by molar-refractivity contribution is 7.89. The molecular formula is C16H17N3O5S. The van der Waals surface area contributed by atoms with Gasteiger partial charge in [0.25, 0.3) is 11.6 Å². The van der Waals surface area contributed by atoms with Crippen LogP contribution in [0.1, 0.15) is 15.9 Å². The Morgan fingerprint density at radius 1 is 1.12 bits per heavy atom. The van der Waals surface area contributed by atoms with E-state index >= 15 is 0 Å². The lowest BCUT2D eigenvalue weighted by Crippen LogP contribution is -2.34. The summed E-state index contributed by atoms with van der Waals surface area (Å²) in [6, 6.07) is 12.0. The summed E-state index contributed by atoms with van der Waals surface area (Å²) in [5, 5.41) is 13.4. The van der Waals surface area contributed by atoms with E-state index in [-0.39, 0.29) is 29.2 Å². The molecule has 0 aliphatic heterocycles. The largest absolute Gasteiger partial charge is 0.351 e. The van der Waals surface area contributed by atoms with Crippen molar-refractivity contribution in [2.24, 2.45) is 0 Å². The van der Waals surface area contributed by atoms with Crippen LogP contribution in [0.4, 0.5) is 5.69 Å². The van der Waals surface area contributed by atoms with E-state index in [1.165, 1.54) is 30.3 Å². The highest BCUT2D eigenvalue weighted by Gasteiger charge is 2.15. The maximum Gasteiger partial charge on any atom is 0.273 e. The van der Waals surface area contributed by atoms with E-state index < -0.39 is 20.9 Å². The van der Waals surface area contributed by atoms with E-state index in [1.807, 2.05) is 0 Å². The monoisotopic (exact) mass is 363 g/mol. The molecule has 0 saturated carbocycles. The fraction of sp³-hybridized carbons (Fsp3) is 0.188.